The van der Waals surface area contributed by atoms with E-state index in [2.05, 4.69) is 26.8 Å². The van der Waals surface area contributed by atoms with Gasteiger partial charge in [-0.2, -0.15) is 0 Å². The third-order valence-electron chi connectivity index (χ3n) is 15.0. The third kappa shape index (κ3) is 11.7. The molecule has 0 radical (unpaired) electrons. The van der Waals surface area contributed by atoms with E-state index in [-0.39, 0.29) is 31.3 Å². The third-order valence-corrected chi connectivity index (χ3v) is 15.0. The van der Waals surface area contributed by atoms with Gasteiger partial charge >= 0.3 is 5.97 Å². The molecule has 370 valence electrons. The minimum atomic E-state index is -1.80. The van der Waals surface area contributed by atoms with Crippen LogP contribution in [0.4, 0.5) is 0 Å². The van der Waals surface area contributed by atoms with Crippen LogP contribution in [0.3, 0.4) is 0 Å². The molecule has 20 unspecified atom stereocenters. The number of allylic oxidation sites excluding steroid dienone is 2. The fourth-order valence-corrected chi connectivity index (χ4v) is 10.9. The zero-order chi connectivity index (χ0) is 47.4. The number of aliphatic hydroxyl groups excluding tert-OH is 3. The molecule has 0 saturated carbocycles. The molecular weight excluding hydrogens is 841 g/mol. The molecule has 65 heavy (non-hydrogen) atoms. The molecule has 0 bridgehead atoms. The van der Waals surface area contributed by atoms with Gasteiger partial charge in [0.1, 0.15) is 35.9 Å². The average molecular weight is 921 g/mol. The van der Waals surface area contributed by atoms with E-state index >= 15 is 0 Å². The summed E-state index contributed by atoms with van der Waals surface area (Å²) in [7, 11) is 3.20. The van der Waals surface area contributed by atoms with E-state index in [0.717, 1.165) is 24.8 Å². The van der Waals surface area contributed by atoms with E-state index in [1.165, 1.54) is 0 Å². The highest BCUT2D eigenvalue weighted by molar-refractivity contribution is 5.78. The molecular formula is C50H80O15. The van der Waals surface area contributed by atoms with Crippen LogP contribution >= 0.6 is 0 Å². The number of aliphatic hydroxyl groups is 4. The van der Waals surface area contributed by atoms with E-state index < -0.39 is 96.9 Å². The Bertz CT molecular complexity index is 1700. The van der Waals surface area contributed by atoms with Crippen molar-refractivity contribution >= 4 is 5.97 Å². The first-order valence-electron chi connectivity index (χ1n) is 24.2. The molecule has 5 aliphatic heterocycles. The Kier molecular flexibility index (Phi) is 18.1. The van der Waals surface area contributed by atoms with Crippen molar-refractivity contribution in [3.63, 3.8) is 0 Å². The van der Waals surface area contributed by atoms with Crippen molar-refractivity contribution in [1.29, 1.82) is 0 Å². The Balaban J connectivity index is 1.22. The summed E-state index contributed by atoms with van der Waals surface area (Å²) in [6, 6.07) is 0. The average Bonchev–Trinajstić information content (AvgIpc) is 3.61. The van der Waals surface area contributed by atoms with Gasteiger partial charge in [0.05, 0.1) is 62.0 Å². The van der Waals surface area contributed by atoms with E-state index in [1.54, 1.807) is 47.1 Å². The van der Waals surface area contributed by atoms with Crippen molar-refractivity contribution < 1.29 is 72.6 Å². The monoisotopic (exact) mass is 921 g/mol. The van der Waals surface area contributed by atoms with Gasteiger partial charge in [-0.3, -0.25) is 4.79 Å². The fourth-order valence-electron chi connectivity index (χ4n) is 10.9. The van der Waals surface area contributed by atoms with Crippen LogP contribution in [0.1, 0.15) is 114 Å². The summed E-state index contributed by atoms with van der Waals surface area (Å²) in [5.74, 6) is -1.92. The number of methoxy groups -OCH3 is 2. The Morgan fingerprint density at radius 2 is 1.69 bits per heavy atom. The van der Waals surface area contributed by atoms with Crippen LogP contribution in [0.2, 0.25) is 0 Å². The van der Waals surface area contributed by atoms with Crippen LogP contribution in [0.15, 0.2) is 47.1 Å². The molecule has 5 heterocycles. The minimum absolute atomic E-state index is 0.0231. The van der Waals surface area contributed by atoms with Gasteiger partial charge in [-0.05, 0) is 76.0 Å². The summed E-state index contributed by atoms with van der Waals surface area (Å²) in [5, 5.41) is 44.9. The SMILES string of the molecule is CCOC(=O)C1C=C(C)C(O)C2OC/C(=C\C=C\C(C)C(OC3CC(OC)C(OC4CC(OC)C(O)C(C)O4)C(C)O3)/C(C)=C/CC3CC(O)CC4(CCC(C)C(C(C)CC)O4)O3)C12O. The molecule has 1 spiro atoms. The van der Waals surface area contributed by atoms with Crippen LogP contribution in [0.25, 0.3) is 0 Å². The molecule has 0 aromatic heterocycles. The van der Waals surface area contributed by atoms with Crippen molar-refractivity contribution in [1.82, 2.24) is 0 Å². The van der Waals surface area contributed by atoms with Crippen molar-refractivity contribution in [2.24, 2.45) is 23.7 Å². The van der Waals surface area contributed by atoms with Gasteiger partial charge in [0.15, 0.2) is 18.4 Å². The van der Waals surface area contributed by atoms with Gasteiger partial charge in [-0.25, -0.2) is 0 Å². The molecule has 5 saturated heterocycles. The zero-order valence-electron chi connectivity index (χ0n) is 40.6. The normalized spacial score (nSPS) is 43.6. The van der Waals surface area contributed by atoms with Gasteiger partial charge in [0, 0.05) is 52.2 Å². The summed E-state index contributed by atoms with van der Waals surface area (Å²) in [6.07, 6.45) is 6.41. The van der Waals surface area contributed by atoms with Crippen LogP contribution in [-0.2, 0) is 52.2 Å². The van der Waals surface area contributed by atoms with E-state index in [0.29, 0.717) is 55.1 Å². The van der Waals surface area contributed by atoms with Gasteiger partial charge in [0.2, 0.25) is 0 Å². The zero-order valence-corrected chi connectivity index (χ0v) is 40.6. The summed E-state index contributed by atoms with van der Waals surface area (Å²) < 4.78 is 62.3. The highest BCUT2D eigenvalue weighted by Gasteiger charge is 2.59. The number of hydrogen-bond acceptors (Lipinski definition) is 15. The van der Waals surface area contributed by atoms with E-state index in [9.17, 15) is 25.2 Å². The summed E-state index contributed by atoms with van der Waals surface area (Å²) in [4.78, 5) is 13.2. The van der Waals surface area contributed by atoms with E-state index in [4.69, 9.17) is 47.4 Å². The van der Waals surface area contributed by atoms with Crippen molar-refractivity contribution in [3.05, 3.63) is 47.1 Å². The standard InChI is InChI=1S/C50H80O15/c1-12-27(3)45-30(6)19-20-49(65-45)25-35(51)22-36(64-49)18-17-29(5)44(62-41-24-39(57-11)46(33(9)61-41)63-40-23-38(56-10)43(53)32(8)60-40)28(4)15-14-16-34-26-59-47-42(52)31(7)21-37(50(34,47)55)48(54)58-13-2/h14-17,21,27-28,30,32-33,35-47,51-53,55H,12-13,18-20,22-26H2,1-11H3/b15-14+,29-17+,34-16+. The lowest BCUT2D eigenvalue weighted by atomic mass is 9.71. The first-order chi connectivity index (χ1) is 30.9. The van der Waals surface area contributed by atoms with Crippen molar-refractivity contribution in [3.8, 4) is 0 Å². The quantitative estimate of drug-likeness (QED) is 0.111. The molecule has 4 N–H and O–H groups in total. The Morgan fingerprint density at radius 3 is 2.38 bits per heavy atom. The number of fused-ring (bicyclic) bond motifs is 1. The summed E-state index contributed by atoms with van der Waals surface area (Å²) >= 11 is 0. The van der Waals surface area contributed by atoms with Gasteiger partial charge in [0.25, 0.3) is 0 Å². The number of rotatable bonds is 16. The first kappa shape index (κ1) is 52.3. The largest absolute Gasteiger partial charge is 0.465 e. The van der Waals surface area contributed by atoms with E-state index in [1.807, 2.05) is 32.9 Å². The predicted molar refractivity (Wildman–Crippen MR) is 240 cm³/mol. The number of carbonyl (C=O) groups is 1. The maximum atomic E-state index is 13.2. The fraction of sp³-hybridized carbons (Fsp3) is 0.820. The summed E-state index contributed by atoms with van der Waals surface area (Å²) in [5.41, 5.74) is 0.122. The number of carbonyl (C=O) groups excluding carboxylic acids is 1. The number of hydrogen-bond donors (Lipinski definition) is 4. The number of esters is 1. The molecule has 0 aromatic rings. The van der Waals surface area contributed by atoms with Crippen LogP contribution < -0.4 is 0 Å². The van der Waals surface area contributed by atoms with Crippen molar-refractivity contribution in [2.75, 3.05) is 27.4 Å². The first-order valence-corrected chi connectivity index (χ1v) is 24.2. The van der Waals surface area contributed by atoms with Crippen molar-refractivity contribution in [2.45, 2.75) is 211 Å². The Labute approximate surface area is 386 Å². The van der Waals surface area contributed by atoms with Crippen LogP contribution in [-0.4, -0.2) is 151 Å². The van der Waals surface area contributed by atoms with Gasteiger partial charge < -0.3 is 67.8 Å². The molecule has 15 nitrogen and oxygen atoms in total. The maximum absolute atomic E-state index is 13.2. The highest BCUT2D eigenvalue weighted by atomic mass is 16.7. The molecule has 5 fully saturated rings. The summed E-state index contributed by atoms with van der Waals surface area (Å²) in [6.45, 7) is 18.0. The Morgan fingerprint density at radius 1 is 0.985 bits per heavy atom. The molecule has 1 aliphatic carbocycles. The second kappa shape index (κ2) is 22.6. The molecule has 0 aromatic carbocycles. The Hall–Kier alpha value is -2.09. The lowest BCUT2D eigenvalue weighted by Gasteiger charge is -2.50. The van der Waals surface area contributed by atoms with Crippen LogP contribution in [0.5, 0.6) is 0 Å². The van der Waals surface area contributed by atoms with Crippen LogP contribution in [0, 0.1) is 23.7 Å². The molecule has 6 aliphatic rings. The minimum Gasteiger partial charge on any atom is -0.465 e. The molecule has 6 rings (SSSR count). The molecule has 15 heteroatoms. The topological polar surface area (TPSA) is 190 Å². The molecule has 0 amide bonds. The second-order valence-corrected chi connectivity index (χ2v) is 19.7. The molecule has 20 atom stereocenters. The lowest BCUT2D eigenvalue weighted by Crippen LogP contribution is -2.57. The predicted octanol–water partition coefficient (Wildman–Crippen LogP) is 5.60. The highest BCUT2D eigenvalue weighted by Crippen LogP contribution is 2.46. The van der Waals surface area contributed by atoms with Gasteiger partial charge in [-0.15, -0.1) is 0 Å². The number of ether oxygens (including phenoxy) is 10. The maximum Gasteiger partial charge on any atom is 0.316 e. The smallest absolute Gasteiger partial charge is 0.316 e. The second-order valence-electron chi connectivity index (χ2n) is 19.7. The lowest BCUT2D eigenvalue weighted by molar-refractivity contribution is -0.340. The van der Waals surface area contributed by atoms with Gasteiger partial charge in [-0.1, -0.05) is 64.5 Å².